The summed E-state index contributed by atoms with van der Waals surface area (Å²) in [6, 6.07) is 12.8. The highest BCUT2D eigenvalue weighted by Gasteiger charge is 2.19. The van der Waals surface area contributed by atoms with E-state index in [2.05, 4.69) is 33.0 Å². The summed E-state index contributed by atoms with van der Waals surface area (Å²) in [7, 11) is 0. The number of ketones is 1. The molecule has 0 unspecified atom stereocenters. The molecule has 0 fully saturated rings. The van der Waals surface area contributed by atoms with Gasteiger partial charge in [-0.05, 0) is 74.1 Å². The van der Waals surface area contributed by atoms with Gasteiger partial charge in [-0.15, -0.1) is 0 Å². The Bertz CT molecular complexity index is 1180. The molecule has 0 radical (unpaired) electrons. The van der Waals surface area contributed by atoms with E-state index in [1.165, 1.54) is 6.92 Å². The van der Waals surface area contributed by atoms with Crippen LogP contribution < -0.4 is 5.32 Å². The zero-order valence-electron chi connectivity index (χ0n) is 22.1. The molecular formula is C29H38N4O3. The minimum atomic E-state index is 0.00722. The van der Waals surface area contributed by atoms with Crippen molar-refractivity contribution in [3.05, 3.63) is 53.6 Å². The summed E-state index contributed by atoms with van der Waals surface area (Å²) in [5.74, 6) is 1.65. The maximum atomic E-state index is 13.5. The molecule has 3 rings (SSSR count). The molecule has 36 heavy (non-hydrogen) atoms. The first-order valence-corrected chi connectivity index (χ1v) is 12.8. The Labute approximate surface area is 213 Å². The number of aldehydes is 1. The van der Waals surface area contributed by atoms with Gasteiger partial charge in [0.1, 0.15) is 6.29 Å². The van der Waals surface area contributed by atoms with Gasteiger partial charge in [0.25, 0.3) is 5.91 Å². The molecule has 3 aromatic rings. The molecule has 1 aromatic heterocycles. The number of hydrogen-bond donors (Lipinski definition) is 1. The molecule has 0 spiro atoms. The molecule has 7 nitrogen and oxygen atoms in total. The molecule has 0 bridgehead atoms. The van der Waals surface area contributed by atoms with Gasteiger partial charge in [0.2, 0.25) is 5.95 Å². The van der Waals surface area contributed by atoms with Crippen LogP contribution in [0.4, 0.5) is 11.6 Å². The van der Waals surface area contributed by atoms with Crippen molar-refractivity contribution in [1.82, 2.24) is 14.5 Å². The van der Waals surface area contributed by atoms with E-state index >= 15 is 0 Å². The van der Waals surface area contributed by atoms with Crippen molar-refractivity contribution in [2.75, 3.05) is 18.4 Å². The topological polar surface area (TPSA) is 84.3 Å². The number of nitrogens with zero attached hydrogens (tertiary/aromatic N) is 3. The standard InChI is InChI=1S/C29H38N4O3/c1-20(2)13-16-32(17-14-21(3)4)28(36)24-9-12-26-27(19-24)33(15-6-18-34)29(31-26)30-25-10-7-23(8-11-25)22(5)35/h7-12,18-21H,6,13-17H2,1-5H3,(H,30,31). The molecular weight excluding hydrogens is 452 g/mol. The van der Waals surface area contributed by atoms with Gasteiger partial charge in [0, 0.05) is 42.9 Å². The molecule has 0 saturated heterocycles. The number of carbonyl (C=O) groups excluding carboxylic acids is 3. The SMILES string of the molecule is CC(=O)c1ccc(Nc2nc3ccc(C(=O)N(CCC(C)C)CCC(C)C)cc3n2CCC=O)cc1. The summed E-state index contributed by atoms with van der Waals surface area (Å²) >= 11 is 0. The summed E-state index contributed by atoms with van der Waals surface area (Å²) in [5, 5.41) is 3.30. The number of rotatable bonds is 13. The Kier molecular flexibility index (Phi) is 9.39. The first-order chi connectivity index (χ1) is 17.2. The van der Waals surface area contributed by atoms with Crippen LogP contribution in [0.2, 0.25) is 0 Å². The van der Waals surface area contributed by atoms with Crippen LogP contribution in [0.25, 0.3) is 11.0 Å². The number of amides is 1. The Balaban J connectivity index is 1.94. The molecule has 0 aliphatic carbocycles. The van der Waals surface area contributed by atoms with Crippen molar-refractivity contribution in [1.29, 1.82) is 0 Å². The fraction of sp³-hybridized carbons (Fsp3) is 0.448. The molecule has 2 aromatic carbocycles. The zero-order valence-corrected chi connectivity index (χ0v) is 22.1. The molecule has 0 aliphatic heterocycles. The number of benzene rings is 2. The highest BCUT2D eigenvalue weighted by molar-refractivity contribution is 5.98. The van der Waals surface area contributed by atoms with E-state index in [0.717, 1.165) is 48.9 Å². The second kappa shape index (κ2) is 12.5. The maximum Gasteiger partial charge on any atom is 0.253 e. The molecule has 192 valence electrons. The van der Waals surface area contributed by atoms with E-state index in [0.29, 0.717) is 41.9 Å². The van der Waals surface area contributed by atoms with Crippen LogP contribution >= 0.6 is 0 Å². The van der Waals surface area contributed by atoms with Crippen molar-refractivity contribution in [3.63, 3.8) is 0 Å². The number of imidazole rings is 1. The number of Topliss-reactive ketones (excluding diaryl/α,β-unsaturated/α-hetero) is 1. The number of anilines is 2. The molecule has 0 saturated carbocycles. The van der Waals surface area contributed by atoms with Crippen LogP contribution in [0.15, 0.2) is 42.5 Å². The van der Waals surface area contributed by atoms with E-state index in [9.17, 15) is 14.4 Å². The second-order valence-electron chi connectivity index (χ2n) is 10.2. The van der Waals surface area contributed by atoms with Crippen molar-refractivity contribution in [2.45, 2.75) is 60.4 Å². The third kappa shape index (κ3) is 7.03. The lowest BCUT2D eigenvalue weighted by Crippen LogP contribution is -2.34. The predicted octanol–water partition coefficient (Wildman–Crippen LogP) is 6.11. The fourth-order valence-electron chi connectivity index (χ4n) is 4.00. The van der Waals surface area contributed by atoms with Crippen molar-refractivity contribution < 1.29 is 14.4 Å². The van der Waals surface area contributed by atoms with Gasteiger partial charge in [-0.3, -0.25) is 9.59 Å². The summed E-state index contributed by atoms with van der Waals surface area (Å²) in [6.07, 6.45) is 3.13. The van der Waals surface area contributed by atoms with Crippen molar-refractivity contribution >= 4 is 40.6 Å². The largest absolute Gasteiger partial charge is 0.339 e. The minimum absolute atomic E-state index is 0.00722. The lowest BCUT2D eigenvalue weighted by Gasteiger charge is -2.24. The Morgan fingerprint density at radius 2 is 1.58 bits per heavy atom. The van der Waals surface area contributed by atoms with E-state index in [4.69, 9.17) is 4.98 Å². The molecule has 1 amide bonds. The average Bonchev–Trinajstić information content (AvgIpc) is 3.18. The normalized spacial score (nSPS) is 11.3. The zero-order chi connectivity index (χ0) is 26.2. The van der Waals surface area contributed by atoms with Gasteiger partial charge in [-0.25, -0.2) is 4.98 Å². The van der Waals surface area contributed by atoms with Crippen molar-refractivity contribution in [2.24, 2.45) is 11.8 Å². The third-order valence-corrected chi connectivity index (χ3v) is 6.25. The van der Waals surface area contributed by atoms with Gasteiger partial charge in [0.05, 0.1) is 11.0 Å². The first-order valence-electron chi connectivity index (χ1n) is 12.8. The van der Waals surface area contributed by atoms with Crippen LogP contribution in [0, 0.1) is 11.8 Å². The highest BCUT2D eigenvalue weighted by Crippen LogP contribution is 2.25. The Morgan fingerprint density at radius 3 is 2.14 bits per heavy atom. The minimum Gasteiger partial charge on any atom is -0.339 e. The van der Waals surface area contributed by atoms with Gasteiger partial charge >= 0.3 is 0 Å². The molecule has 7 heteroatoms. The molecule has 0 aliphatic rings. The lowest BCUT2D eigenvalue weighted by atomic mass is 10.1. The number of carbonyl (C=O) groups is 3. The molecule has 0 atom stereocenters. The van der Waals surface area contributed by atoms with Crippen LogP contribution in [-0.4, -0.2) is 45.5 Å². The average molecular weight is 491 g/mol. The third-order valence-electron chi connectivity index (χ3n) is 6.25. The number of nitrogens with one attached hydrogen (secondary N) is 1. The van der Waals surface area contributed by atoms with Crippen LogP contribution in [0.3, 0.4) is 0 Å². The number of fused-ring (bicyclic) bond motifs is 1. The maximum absolute atomic E-state index is 13.5. The number of aryl methyl sites for hydroxylation is 1. The molecule has 1 heterocycles. The quantitative estimate of drug-likeness (QED) is 0.231. The Morgan fingerprint density at radius 1 is 0.972 bits per heavy atom. The summed E-state index contributed by atoms with van der Waals surface area (Å²) in [5.41, 5.74) is 3.60. The second-order valence-corrected chi connectivity index (χ2v) is 10.2. The van der Waals surface area contributed by atoms with Crippen molar-refractivity contribution in [3.8, 4) is 0 Å². The Hall–Kier alpha value is -3.48. The monoisotopic (exact) mass is 490 g/mol. The van der Waals surface area contributed by atoms with Gasteiger partial charge < -0.3 is 19.6 Å². The summed E-state index contributed by atoms with van der Waals surface area (Å²) < 4.78 is 1.94. The van der Waals surface area contributed by atoms with E-state index in [1.807, 2.05) is 39.8 Å². The smallest absolute Gasteiger partial charge is 0.253 e. The number of aromatic nitrogens is 2. The van der Waals surface area contributed by atoms with Gasteiger partial charge in [-0.2, -0.15) is 0 Å². The van der Waals surface area contributed by atoms with E-state index in [-0.39, 0.29) is 11.7 Å². The predicted molar refractivity (Wildman–Crippen MR) is 145 cm³/mol. The van der Waals surface area contributed by atoms with Crippen LogP contribution in [0.5, 0.6) is 0 Å². The summed E-state index contributed by atoms with van der Waals surface area (Å²) in [6.45, 7) is 12.1. The van der Waals surface area contributed by atoms with E-state index < -0.39 is 0 Å². The molecule has 1 N–H and O–H groups in total. The van der Waals surface area contributed by atoms with E-state index in [1.54, 1.807) is 12.1 Å². The van der Waals surface area contributed by atoms with Crippen LogP contribution in [-0.2, 0) is 11.3 Å². The van der Waals surface area contributed by atoms with Crippen LogP contribution in [0.1, 0.15) is 74.6 Å². The number of hydrogen-bond acceptors (Lipinski definition) is 5. The highest BCUT2D eigenvalue weighted by atomic mass is 16.2. The summed E-state index contributed by atoms with van der Waals surface area (Å²) in [4.78, 5) is 43.0. The fourth-order valence-corrected chi connectivity index (χ4v) is 4.00. The van der Waals surface area contributed by atoms with Gasteiger partial charge in [0.15, 0.2) is 5.78 Å². The first kappa shape index (κ1) is 27.1. The van der Waals surface area contributed by atoms with Gasteiger partial charge in [-0.1, -0.05) is 27.7 Å². The lowest BCUT2D eigenvalue weighted by molar-refractivity contribution is -0.108.